The van der Waals surface area contributed by atoms with Crippen molar-refractivity contribution in [3.8, 4) is 0 Å². The number of aliphatic hydroxyl groups excluding tert-OH is 1. The van der Waals surface area contributed by atoms with E-state index >= 15 is 0 Å². The van der Waals surface area contributed by atoms with Crippen LogP contribution in [0, 0.1) is 5.92 Å². The summed E-state index contributed by atoms with van der Waals surface area (Å²) in [7, 11) is 0. The van der Waals surface area contributed by atoms with Crippen LogP contribution in [0.3, 0.4) is 0 Å². The van der Waals surface area contributed by atoms with Gasteiger partial charge in [-0.05, 0) is 78.1 Å². The molecule has 2 aliphatic rings. The minimum atomic E-state index is -1.00. The van der Waals surface area contributed by atoms with Gasteiger partial charge < -0.3 is 19.9 Å². The number of benzene rings is 1. The topological polar surface area (TPSA) is 150 Å². The molecule has 0 unspecified atom stereocenters. The smallest absolute Gasteiger partial charge is 0.429 e. The van der Waals surface area contributed by atoms with E-state index in [1.807, 2.05) is 13.8 Å². The molecule has 1 aromatic rings. The summed E-state index contributed by atoms with van der Waals surface area (Å²) in [5, 5.41) is 21.3. The van der Waals surface area contributed by atoms with E-state index in [4.69, 9.17) is 9.47 Å². The molecule has 0 aliphatic carbocycles. The van der Waals surface area contributed by atoms with Gasteiger partial charge in [0.25, 0.3) is 11.8 Å². The van der Waals surface area contributed by atoms with Crippen molar-refractivity contribution >= 4 is 29.7 Å². The van der Waals surface area contributed by atoms with Crippen LogP contribution in [0.15, 0.2) is 35.7 Å². The fraction of sp³-hybridized carbons (Fsp3) is 0.571. The Morgan fingerprint density at radius 2 is 1.62 bits per heavy atom. The van der Waals surface area contributed by atoms with Gasteiger partial charge in [0.15, 0.2) is 0 Å². The lowest BCUT2D eigenvalue weighted by atomic mass is 10.0. The first kappa shape index (κ1) is 30.7. The summed E-state index contributed by atoms with van der Waals surface area (Å²) in [6, 6.07) is 4.70. The molecule has 0 bridgehead atoms. The summed E-state index contributed by atoms with van der Waals surface area (Å²) in [6.45, 7) is 14.5. The van der Waals surface area contributed by atoms with E-state index in [1.54, 1.807) is 53.7 Å². The lowest BCUT2D eigenvalue weighted by Crippen LogP contribution is -2.54. The molecule has 2 atom stereocenters. The second kappa shape index (κ2) is 11.7. The van der Waals surface area contributed by atoms with Gasteiger partial charge in [0.2, 0.25) is 0 Å². The number of nitrogens with one attached hydrogen (secondary N) is 3. The number of hydrazine groups is 1. The first-order valence-electron chi connectivity index (χ1n) is 13.4. The Balaban J connectivity index is 1.80. The number of ether oxygens (including phenoxy) is 2. The molecule has 4 N–H and O–H groups in total. The fourth-order valence-corrected chi connectivity index (χ4v) is 4.33. The third-order valence-electron chi connectivity index (χ3n) is 5.88. The molecule has 2 heterocycles. The second-order valence-corrected chi connectivity index (χ2v) is 12.3. The largest absolute Gasteiger partial charge is 0.509 e. The fourth-order valence-electron chi connectivity index (χ4n) is 4.33. The Hall–Kier alpha value is -3.80. The van der Waals surface area contributed by atoms with Crippen LogP contribution in [0.1, 0.15) is 72.2 Å². The average Bonchev–Trinajstić information content (AvgIpc) is 3.35. The minimum absolute atomic E-state index is 0.0207. The van der Waals surface area contributed by atoms with E-state index in [0.717, 1.165) is 10.0 Å². The van der Waals surface area contributed by atoms with Crippen molar-refractivity contribution in [3.05, 3.63) is 41.3 Å². The second-order valence-electron chi connectivity index (χ2n) is 12.3. The molecular weight excluding hydrogens is 518 g/mol. The van der Waals surface area contributed by atoms with Crippen LogP contribution < -0.4 is 16.0 Å². The van der Waals surface area contributed by atoms with Crippen LogP contribution in [0.4, 0.5) is 15.3 Å². The van der Waals surface area contributed by atoms with Crippen molar-refractivity contribution < 1.29 is 33.8 Å². The number of aliphatic hydroxyl groups is 1. The molecule has 0 saturated carbocycles. The molecule has 1 fully saturated rings. The Morgan fingerprint density at radius 3 is 2.17 bits per heavy atom. The lowest BCUT2D eigenvalue weighted by Gasteiger charge is -2.33. The summed E-state index contributed by atoms with van der Waals surface area (Å²) in [5.74, 6) is -1.10. The molecule has 12 heteroatoms. The zero-order valence-corrected chi connectivity index (χ0v) is 24.5. The highest BCUT2D eigenvalue weighted by molar-refractivity contribution is 5.98. The first-order chi connectivity index (χ1) is 18.4. The summed E-state index contributed by atoms with van der Waals surface area (Å²) < 4.78 is 10.8. The molecule has 4 amide bonds. The summed E-state index contributed by atoms with van der Waals surface area (Å²) in [4.78, 5) is 52.2. The molecule has 1 saturated heterocycles. The van der Waals surface area contributed by atoms with E-state index in [-0.39, 0.29) is 42.4 Å². The molecule has 1 aromatic carbocycles. The van der Waals surface area contributed by atoms with Gasteiger partial charge in [-0.3, -0.25) is 20.2 Å². The van der Waals surface area contributed by atoms with Crippen LogP contribution in [0.25, 0.3) is 0 Å². The molecule has 0 radical (unpaired) electrons. The Labute approximate surface area is 235 Å². The van der Waals surface area contributed by atoms with Crippen LogP contribution in [0.2, 0.25) is 0 Å². The summed E-state index contributed by atoms with van der Waals surface area (Å²) in [6.07, 6.45) is -1.07. The van der Waals surface area contributed by atoms with Gasteiger partial charge in [-0.2, -0.15) is 0 Å². The Kier molecular flexibility index (Phi) is 9.03. The molecular formula is C28H41N5O7. The van der Waals surface area contributed by atoms with E-state index in [2.05, 4.69) is 16.0 Å². The highest BCUT2D eigenvalue weighted by atomic mass is 16.6. The number of carbonyl (C=O) groups is 4. The van der Waals surface area contributed by atoms with Gasteiger partial charge in [0.1, 0.15) is 28.7 Å². The van der Waals surface area contributed by atoms with Gasteiger partial charge in [0.05, 0.1) is 19.1 Å². The van der Waals surface area contributed by atoms with E-state index in [9.17, 15) is 24.3 Å². The molecule has 3 rings (SSSR count). The molecule has 220 valence electrons. The number of carbonyl (C=O) groups excluding carboxylic acids is 4. The van der Waals surface area contributed by atoms with Crippen molar-refractivity contribution in [3.63, 3.8) is 0 Å². The third kappa shape index (κ3) is 7.87. The average molecular weight is 560 g/mol. The van der Waals surface area contributed by atoms with Gasteiger partial charge in [0, 0.05) is 11.3 Å². The van der Waals surface area contributed by atoms with E-state index in [0.29, 0.717) is 5.69 Å². The third-order valence-corrected chi connectivity index (χ3v) is 5.88. The van der Waals surface area contributed by atoms with Gasteiger partial charge in [-0.25, -0.2) is 19.6 Å². The molecule has 0 aromatic heterocycles. The summed E-state index contributed by atoms with van der Waals surface area (Å²) in [5.41, 5.74) is -0.477. The van der Waals surface area contributed by atoms with Crippen LogP contribution in [-0.2, 0) is 14.3 Å². The van der Waals surface area contributed by atoms with Crippen molar-refractivity contribution in [1.82, 2.24) is 20.7 Å². The predicted molar refractivity (Wildman–Crippen MR) is 148 cm³/mol. The van der Waals surface area contributed by atoms with Gasteiger partial charge in [-0.15, -0.1) is 0 Å². The summed E-state index contributed by atoms with van der Waals surface area (Å²) >= 11 is 0. The number of hydrogen-bond donors (Lipinski definition) is 4. The van der Waals surface area contributed by atoms with Crippen LogP contribution in [-0.4, -0.2) is 75.5 Å². The quantitative estimate of drug-likeness (QED) is 0.410. The van der Waals surface area contributed by atoms with Gasteiger partial charge >= 0.3 is 12.2 Å². The zero-order valence-electron chi connectivity index (χ0n) is 24.5. The first-order valence-corrected chi connectivity index (χ1v) is 13.4. The van der Waals surface area contributed by atoms with E-state index in [1.165, 1.54) is 12.1 Å². The molecule has 0 spiro atoms. The monoisotopic (exact) mass is 559 g/mol. The molecule has 2 aliphatic heterocycles. The van der Waals surface area contributed by atoms with Crippen LogP contribution >= 0.6 is 0 Å². The molecule has 12 nitrogen and oxygen atoms in total. The van der Waals surface area contributed by atoms with Crippen molar-refractivity contribution in [2.75, 3.05) is 18.4 Å². The number of nitrogens with zero attached hydrogens (tertiary/aromatic N) is 2. The maximum atomic E-state index is 13.9. The number of amides is 4. The Bertz CT molecular complexity index is 1160. The normalized spacial score (nSPS) is 18.0. The Morgan fingerprint density at radius 1 is 1.02 bits per heavy atom. The van der Waals surface area contributed by atoms with E-state index < -0.39 is 47.3 Å². The zero-order chi connectivity index (χ0) is 30.0. The van der Waals surface area contributed by atoms with Gasteiger partial charge in [-0.1, -0.05) is 13.8 Å². The number of anilines is 1. The number of hydrogen-bond acceptors (Lipinski definition) is 8. The van der Waals surface area contributed by atoms with Crippen molar-refractivity contribution in [2.45, 2.75) is 85.1 Å². The standard InChI is InChI=1S/C28H41N5O7/c1-16(2)13-19(31-23(35)17-9-11-18(12-10-17)30-25(37)39-27(3,4)5)24(36)33-22-20(29-14-21(22)34)15-32(33)26(38)40-28(6,7)8/h9-12,16,19-20,29,34H,13-15H2,1-8H3,(H,30,37)(H,31,35)/t19-,20+/m0/s1. The van der Waals surface area contributed by atoms with Crippen LogP contribution in [0.5, 0.6) is 0 Å². The lowest BCUT2D eigenvalue weighted by molar-refractivity contribution is -0.142. The minimum Gasteiger partial charge on any atom is -0.509 e. The van der Waals surface area contributed by atoms with Crippen molar-refractivity contribution in [1.29, 1.82) is 0 Å². The highest BCUT2D eigenvalue weighted by Crippen LogP contribution is 2.31. The number of rotatable bonds is 6. The maximum absolute atomic E-state index is 13.9. The maximum Gasteiger partial charge on any atom is 0.429 e. The SMILES string of the molecule is CC(C)C[C@H](NC(=O)c1ccc(NC(=O)OC(C)(C)C)cc1)C(=O)N1C2=C(O)CN[C@@H]2CN1C(=O)OC(C)(C)C. The highest BCUT2D eigenvalue weighted by Gasteiger charge is 2.48. The number of fused-ring (bicyclic) bond motifs is 1. The predicted octanol–water partition coefficient (Wildman–Crippen LogP) is 3.91. The molecule has 40 heavy (non-hydrogen) atoms. The van der Waals surface area contributed by atoms with Crippen molar-refractivity contribution in [2.24, 2.45) is 5.92 Å².